The fourth-order valence-electron chi connectivity index (χ4n) is 3.81. The van der Waals surface area contributed by atoms with Crippen LogP contribution in [0.5, 0.6) is 11.5 Å². The summed E-state index contributed by atoms with van der Waals surface area (Å²) in [5.74, 6) is 1.98. The maximum atomic E-state index is 13.0. The van der Waals surface area contributed by atoms with Gasteiger partial charge in [0.1, 0.15) is 0 Å². The van der Waals surface area contributed by atoms with Gasteiger partial charge < -0.3 is 18.9 Å². The molecule has 2 aromatic carbocycles. The highest BCUT2D eigenvalue weighted by molar-refractivity contribution is 7.99. The lowest BCUT2D eigenvalue weighted by Gasteiger charge is -2.21. The molecule has 0 bridgehead atoms. The summed E-state index contributed by atoms with van der Waals surface area (Å²) in [6.45, 7) is 3.47. The van der Waals surface area contributed by atoms with E-state index in [2.05, 4.69) is 21.7 Å². The van der Waals surface area contributed by atoms with Crippen molar-refractivity contribution >= 4 is 17.7 Å². The van der Waals surface area contributed by atoms with Gasteiger partial charge in [0.15, 0.2) is 16.7 Å². The summed E-state index contributed by atoms with van der Waals surface area (Å²) in [5, 5.41) is 0.925. The molecule has 160 valence electrons. The molecule has 0 radical (unpaired) electrons. The van der Waals surface area contributed by atoms with Crippen LogP contribution in [0.15, 0.2) is 59.9 Å². The van der Waals surface area contributed by atoms with Gasteiger partial charge in [0, 0.05) is 19.1 Å². The predicted molar refractivity (Wildman–Crippen MR) is 120 cm³/mol. The Morgan fingerprint density at radius 3 is 2.74 bits per heavy atom. The number of hydrogen-bond donors (Lipinski definition) is 0. The highest BCUT2D eigenvalue weighted by atomic mass is 32.2. The van der Waals surface area contributed by atoms with Gasteiger partial charge in [0.05, 0.1) is 17.6 Å². The molecule has 2 heterocycles. The summed E-state index contributed by atoms with van der Waals surface area (Å²) in [7, 11) is 0. The summed E-state index contributed by atoms with van der Waals surface area (Å²) < 4.78 is 13.1. The van der Waals surface area contributed by atoms with Gasteiger partial charge in [-0.15, -0.1) is 0 Å². The largest absolute Gasteiger partial charge is 0.454 e. The van der Waals surface area contributed by atoms with Crippen molar-refractivity contribution < 1.29 is 14.3 Å². The molecule has 1 fully saturated rings. The van der Waals surface area contributed by atoms with Gasteiger partial charge in [-0.1, -0.05) is 48.2 Å². The number of ether oxygens (including phenoxy) is 2. The quantitative estimate of drug-likeness (QED) is 0.478. The molecular formula is C24H25N3O3S. The second-order valence-electron chi connectivity index (χ2n) is 7.78. The molecule has 0 atom stereocenters. The predicted octanol–water partition coefficient (Wildman–Crippen LogP) is 4.75. The Labute approximate surface area is 186 Å². The van der Waals surface area contributed by atoms with Crippen molar-refractivity contribution in [2.24, 2.45) is 0 Å². The Balaban J connectivity index is 1.27. The third-order valence-electron chi connectivity index (χ3n) is 5.61. The van der Waals surface area contributed by atoms with Crippen LogP contribution in [0.3, 0.4) is 0 Å². The molecular weight excluding hydrogens is 410 g/mol. The van der Waals surface area contributed by atoms with Crippen LogP contribution in [-0.2, 0) is 11.3 Å². The Morgan fingerprint density at radius 2 is 1.97 bits per heavy atom. The minimum atomic E-state index is 0.108. The van der Waals surface area contributed by atoms with E-state index in [0.717, 1.165) is 33.5 Å². The maximum absolute atomic E-state index is 13.0. The minimum Gasteiger partial charge on any atom is -0.454 e. The normalized spacial score (nSPS) is 14.6. The molecule has 31 heavy (non-hydrogen) atoms. The van der Waals surface area contributed by atoms with E-state index in [-0.39, 0.29) is 12.7 Å². The fourth-order valence-corrected chi connectivity index (χ4v) is 4.76. The molecule has 6 nitrogen and oxygen atoms in total. The molecule has 7 heteroatoms. The highest BCUT2D eigenvalue weighted by Gasteiger charge is 2.29. The molecule has 2 aliphatic rings. The van der Waals surface area contributed by atoms with E-state index in [1.54, 1.807) is 0 Å². The number of fused-ring (bicyclic) bond motifs is 1. The monoisotopic (exact) mass is 435 g/mol. The number of benzene rings is 2. The fraction of sp³-hybridized carbons (Fsp3) is 0.333. The van der Waals surface area contributed by atoms with Crippen molar-refractivity contribution in [2.75, 3.05) is 19.1 Å². The van der Waals surface area contributed by atoms with E-state index >= 15 is 0 Å². The number of amides is 1. The number of hydrogen-bond acceptors (Lipinski definition) is 5. The SMILES string of the molecule is CCN(Cc1ccc2c(c1)OCO2)C(=O)CSc1ncc(-c2ccccc2)n1C1CC1. The average Bonchev–Trinajstić information content (AvgIpc) is 3.38. The van der Waals surface area contributed by atoms with Crippen molar-refractivity contribution in [3.05, 3.63) is 60.3 Å². The maximum Gasteiger partial charge on any atom is 0.233 e. The summed E-state index contributed by atoms with van der Waals surface area (Å²) in [6, 6.07) is 16.7. The van der Waals surface area contributed by atoms with Gasteiger partial charge >= 0.3 is 0 Å². The zero-order valence-electron chi connectivity index (χ0n) is 17.5. The van der Waals surface area contributed by atoms with Crippen LogP contribution < -0.4 is 9.47 Å². The molecule has 1 aliphatic heterocycles. The first kappa shape index (κ1) is 20.0. The molecule has 1 aromatic heterocycles. The van der Waals surface area contributed by atoms with Crippen molar-refractivity contribution in [1.82, 2.24) is 14.5 Å². The number of thioether (sulfide) groups is 1. The first-order valence-corrected chi connectivity index (χ1v) is 11.6. The van der Waals surface area contributed by atoms with Crippen LogP contribution in [0.4, 0.5) is 0 Å². The summed E-state index contributed by atoms with van der Waals surface area (Å²) in [5.41, 5.74) is 3.33. The van der Waals surface area contributed by atoms with Gasteiger partial charge in [-0.2, -0.15) is 0 Å². The second-order valence-corrected chi connectivity index (χ2v) is 8.72. The van der Waals surface area contributed by atoms with Crippen LogP contribution in [0.25, 0.3) is 11.3 Å². The molecule has 0 N–H and O–H groups in total. The number of aromatic nitrogens is 2. The summed E-state index contributed by atoms with van der Waals surface area (Å²) in [6.07, 6.45) is 4.27. The first-order valence-electron chi connectivity index (χ1n) is 10.6. The zero-order valence-corrected chi connectivity index (χ0v) is 18.3. The van der Waals surface area contributed by atoms with Crippen molar-refractivity contribution in [1.29, 1.82) is 0 Å². The number of nitrogens with zero attached hydrogens (tertiary/aromatic N) is 3. The van der Waals surface area contributed by atoms with Gasteiger partial charge in [-0.05, 0) is 43.0 Å². The smallest absolute Gasteiger partial charge is 0.233 e. The lowest BCUT2D eigenvalue weighted by atomic mass is 10.2. The average molecular weight is 436 g/mol. The number of imidazole rings is 1. The molecule has 0 saturated heterocycles. The molecule has 1 saturated carbocycles. The van der Waals surface area contributed by atoms with E-state index in [9.17, 15) is 4.79 Å². The molecule has 5 rings (SSSR count). The minimum absolute atomic E-state index is 0.108. The van der Waals surface area contributed by atoms with E-state index in [1.807, 2.05) is 54.4 Å². The Kier molecular flexibility index (Phi) is 5.59. The van der Waals surface area contributed by atoms with Crippen molar-refractivity contribution in [3.8, 4) is 22.8 Å². The summed E-state index contributed by atoms with van der Waals surface area (Å²) in [4.78, 5) is 19.5. The van der Waals surface area contributed by atoms with Crippen LogP contribution in [-0.4, -0.2) is 39.4 Å². The van der Waals surface area contributed by atoms with Crippen LogP contribution in [0.1, 0.15) is 31.4 Å². The number of carbonyl (C=O) groups excluding carboxylic acids is 1. The first-order chi connectivity index (χ1) is 15.2. The molecule has 1 aliphatic carbocycles. The van der Waals surface area contributed by atoms with Crippen LogP contribution in [0.2, 0.25) is 0 Å². The van der Waals surface area contributed by atoms with Crippen molar-refractivity contribution in [2.45, 2.75) is 37.5 Å². The number of rotatable bonds is 8. The zero-order chi connectivity index (χ0) is 21.2. The van der Waals surface area contributed by atoms with E-state index in [1.165, 1.54) is 24.6 Å². The third kappa shape index (κ3) is 4.28. The van der Waals surface area contributed by atoms with Gasteiger partial charge in [-0.3, -0.25) is 4.79 Å². The van der Waals surface area contributed by atoms with Crippen molar-refractivity contribution in [3.63, 3.8) is 0 Å². The summed E-state index contributed by atoms with van der Waals surface area (Å²) >= 11 is 1.53. The molecule has 3 aromatic rings. The van der Waals surface area contributed by atoms with Crippen LogP contribution >= 0.6 is 11.8 Å². The molecule has 0 unspecified atom stereocenters. The highest BCUT2D eigenvalue weighted by Crippen LogP contribution is 2.42. The van der Waals surface area contributed by atoms with E-state index < -0.39 is 0 Å². The molecule has 1 amide bonds. The Morgan fingerprint density at radius 1 is 1.16 bits per heavy atom. The van der Waals surface area contributed by atoms with Gasteiger partial charge in [0.2, 0.25) is 12.7 Å². The topological polar surface area (TPSA) is 56.6 Å². The Bertz CT molecular complexity index is 1080. The van der Waals surface area contributed by atoms with E-state index in [4.69, 9.17) is 9.47 Å². The Hall–Kier alpha value is -2.93. The second kappa shape index (κ2) is 8.67. The van der Waals surface area contributed by atoms with E-state index in [0.29, 0.717) is 24.9 Å². The third-order valence-corrected chi connectivity index (χ3v) is 6.57. The lowest BCUT2D eigenvalue weighted by Crippen LogP contribution is -2.31. The van der Waals surface area contributed by atoms with Crippen LogP contribution in [0, 0.1) is 0 Å². The molecule has 0 spiro atoms. The lowest BCUT2D eigenvalue weighted by molar-refractivity contribution is -0.128. The van der Waals surface area contributed by atoms with Gasteiger partial charge in [0.25, 0.3) is 0 Å². The standard InChI is InChI=1S/C24H25N3O3S/c1-2-26(14-17-8-11-21-22(12-17)30-16-29-21)23(28)15-31-24-25-13-20(27(24)19-9-10-19)18-6-4-3-5-7-18/h3-8,11-13,19H,2,9-10,14-16H2,1H3. The van der Waals surface area contributed by atoms with Gasteiger partial charge in [-0.25, -0.2) is 4.98 Å². The number of carbonyl (C=O) groups is 1.